The molecule has 0 aliphatic heterocycles. The lowest BCUT2D eigenvalue weighted by Crippen LogP contribution is -2.28. The molecule has 0 saturated carbocycles. The molecule has 2 aromatic rings. The van der Waals surface area contributed by atoms with Crippen LogP contribution >= 0.6 is 0 Å². The summed E-state index contributed by atoms with van der Waals surface area (Å²) in [4.78, 5) is 13.7. The number of urea groups is 1. The summed E-state index contributed by atoms with van der Waals surface area (Å²) in [5.74, 6) is -0.326. The Labute approximate surface area is 123 Å². The van der Waals surface area contributed by atoms with E-state index in [1.54, 1.807) is 18.2 Å². The molecule has 5 heteroatoms. The molecule has 2 rings (SSSR count). The van der Waals surface area contributed by atoms with Crippen molar-refractivity contribution in [3.8, 4) is 0 Å². The summed E-state index contributed by atoms with van der Waals surface area (Å²) < 4.78 is 13.4. The van der Waals surface area contributed by atoms with Crippen molar-refractivity contribution in [1.82, 2.24) is 5.32 Å². The van der Waals surface area contributed by atoms with Crippen molar-refractivity contribution in [3.05, 3.63) is 59.9 Å². The Balaban J connectivity index is 1.88. The fourth-order valence-electron chi connectivity index (χ4n) is 1.84. The van der Waals surface area contributed by atoms with E-state index >= 15 is 0 Å². The van der Waals surface area contributed by atoms with Crippen LogP contribution in [-0.2, 0) is 6.54 Å². The van der Waals surface area contributed by atoms with Crippen LogP contribution in [0.15, 0.2) is 48.5 Å². The molecule has 0 saturated heterocycles. The van der Waals surface area contributed by atoms with Gasteiger partial charge in [-0.2, -0.15) is 0 Å². The Morgan fingerprint density at radius 2 is 1.76 bits per heavy atom. The van der Waals surface area contributed by atoms with Crippen molar-refractivity contribution >= 4 is 17.4 Å². The van der Waals surface area contributed by atoms with Gasteiger partial charge in [-0.25, -0.2) is 9.18 Å². The van der Waals surface area contributed by atoms with Crippen molar-refractivity contribution in [2.24, 2.45) is 0 Å². The second-order valence-electron chi connectivity index (χ2n) is 4.84. The molecule has 2 N–H and O–H groups in total. The predicted molar refractivity (Wildman–Crippen MR) is 83.0 cm³/mol. The molecule has 0 atom stereocenters. The van der Waals surface area contributed by atoms with E-state index in [0.29, 0.717) is 11.3 Å². The number of amides is 2. The van der Waals surface area contributed by atoms with Crippen LogP contribution in [0, 0.1) is 5.82 Å². The SMILES string of the molecule is CN(C)c1ccc(NC(=O)NCc2ccccc2F)cc1. The number of halogens is 1. The first-order chi connectivity index (χ1) is 10.1. The Morgan fingerprint density at radius 3 is 2.38 bits per heavy atom. The number of nitrogens with zero attached hydrogens (tertiary/aromatic N) is 1. The Hall–Kier alpha value is -2.56. The van der Waals surface area contributed by atoms with Crippen LogP contribution in [0.2, 0.25) is 0 Å². The van der Waals surface area contributed by atoms with E-state index in [0.717, 1.165) is 5.69 Å². The van der Waals surface area contributed by atoms with E-state index in [1.165, 1.54) is 6.07 Å². The number of hydrogen-bond acceptors (Lipinski definition) is 2. The van der Waals surface area contributed by atoms with Gasteiger partial charge in [-0.05, 0) is 30.3 Å². The molecule has 0 fully saturated rings. The van der Waals surface area contributed by atoms with Gasteiger partial charge in [0.05, 0.1) is 0 Å². The van der Waals surface area contributed by atoms with E-state index in [9.17, 15) is 9.18 Å². The van der Waals surface area contributed by atoms with Crippen LogP contribution < -0.4 is 15.5 Å². The standard InChI is InChI=1S/C16H18FN3O/c1-20(2)14-9-7-13(8-10-14)19-16(21)18-11-12-5-3-4-6-15(12)17/h3-10H,11H2,1-2H3,(H2,18,19,21). The van der Waals surface area contributed by atoms with E-state index < -0.39 is 0 Å². The molecule has 0 aliphatic carbocycles. The maximum atomic E-state index is 13.4. The smallest absolute Gasteiger partial charge is 0.319 e. The highest BCUT2D eigenvalue weighted by Crippen LogP contribution is 2.15. The molecular weight excluding hydrogens is 269 g/mol. The van der Waals surface area contributed by atoms with Gasteiger partial charge in [-0.3, -0.25) is 0 Å². The minimum atomic E-state index is -0.365. The summed E-state index contributed by atoms with van der Waals surface area (Å²) in [6.45, 7) is 0.147. The number of carbonyl (C=O) groups is 1. The zero-order valence-electron chi connectivity index (χ0n) is 12.1. The number of rotatable bonds is 4. The van der Waals surface area contributed by atoms with Crippen LogP contribution in [0.3, 0.4) is 0 Å². The highest BCUT2D eigenvalue weighted by molar-refractivity contribution is 5.89. The van der Waals surface area contributed by atoms with Gasteiger partial charge >= 0.3 is 6.03 Å². The lowest BCUT2D eigenvalue weighted by atomic mass is 10.2. The Morgan fingerprint density at radius 1 is 1.10 bits per heavy atom. The fourth-order valence-corrected chi connectivity index (χ4v) is 1.84. The van der Waals surface area contributed by atoms with E-state index in [-0.39, 0.29) is 18.4 Å². The third-order valence-electron chi connectivity index (χ3n) is 3.04. The van der Waals surface area contributed by atoms with Crippen molar-refractivity contribution in [1.29, 1.82) is 0 Å². The monoisotopic (exact) mass is 287 g/mol. The molecule has 0 aliphatic rings. The first-order valence-electron chi connectivity index (χ1n) is 6.62. The van der Waals surface area contributed by atoms with Crippen LogP contribution in [0.25, 0.3) is 0 Å². The van der Waals surface area contributed by atoms with Gasteiger partial charge in [-0.1, -0.05) is 18.2 Å². The van der Waals surface area contributed by atoms with Crippen molar-refractivity contribution in [3.63, 3.8) is 0 Å². The Bertz CT molecular complexity index is 611. The summed E-state index contributed by atoms with van der Waals surface area (Å²) in [7, 11) is 3.90. The van der Waals surface area contributed by atoms with Crippen LogP contribution in [0.5, 0.6) is 0 Å². The number of nitrogens with one attached hydrogen (secondary N) is 2. The Kier molecular flexibility index (Phi) is 4.77. The summed E-state index contributed by atoms with van der Waals surface area (Å²) in [6, 6.07) is 13.4. The molecule has 2 aromatic carbocycles. The lowest BCUT2D eigenvalue weighted by molar-refractivity contribution is 0.251. The van der Waals surface area contributed by atoms with Gasteiger partial charge in [0.25, 0.3) is 0 Å². The topological polar surface area (TPSA) is 44.4 Å². The van der Waals surface area contributed by atoms with Gasteiger partial charge in [0.15, 0.2) is 0 Å². The zero-order valence-corrected chi connectivity index (χ0v) is 12.1. The number of anilines is 2. The van der Waals surface area contributed by atoms with E-state index in [4.69, 9.17) is 0 Å². The maximum absolute atomic E-state index is 13.4. The first kappa shape index (κ1) is 14.8. The predicted octanol–water partition coefficient (Wildman–Crippen LogP) is 3.21. The highest BCUT2D eigenvalue weighted by atomic mass is 19.1. The van der Waals surface area contributed by atoms with Gasteiger partial charge in [-0.15, -0.1) is 0 Å². The molecular formula is C16H18FN3O. The molecule has 0 spiro atoms. The molecule has 110 valence electrons. The van der Waals surface area contributed by atoms with E-state index in [2.05, 4.69) is 10.6 Å². The van der Waals surface area contributed by atoms with Crippen molar-refractivity contribution in [2.75, 3.05) is 24.3 Å². The summed E-state index contributed by atoms with van der Waals surface area (Å²) >= 11 is 0. The van der Waals surface area contributed by atoms with Gasteiger partial charge in [0.2, 0.25) is 0 Å². The quantitative estimate of drug-likeness (QED) is 0.907. The lowest BCUT2D eigenvalue weighted by Gasteiger charge is -2.13. The second kappa shape index (κ2) is 6.74. The number of benzene rings is 2. The van der Waals surface area contributed by atoms with E-state index in [1.807, 2.05) is 43.3 Å². The maximum Gasteiger partial charge on any atom is 0.319 e. The van der Waals surface area contributed by atoms with Gasteiger partial charge in [0.1, 0.15) is 5.82 Å². The van der Waals surface area contributed by atoms with Crippen molar-refractivity contribution in [2.45, 2.75) is 6.54 Å². The average molecular weight is 287 g/mol. The third kappa shape index (κ3) is 4.21. The van der Waals surface area contributed by atoms with Crippen LogP contribution in [0.4, 0.5) is 20.6 Å². The summed E-state index contributed by atoms with van der Waals surface area (Å²) in [5, 5.41) is 5.33. The molecule has 2 amide bonds. The summed E-state index contributed by atoms with van der Waals surface area (Å²) in [6.07, 6.45) is 0. The minimum Gasteiger partial charge on any atom is -0.378 e. The van der Waals surface area contributed by atoms with Crippen LogP contribution in [0.1, 0.15) is 5.56 Å². The largest absolute Gasteiger partial charge is 0.378 e. The second-order valence-corrected chi connectivity index (χ2v) is 4.84. The average Bonchev–Trinajstić information content (AvgIpc) is 2.47. The number of carbonyl (C=O) groups excluding carboxylic acids is 1. The number of hydrogen-bond donors (Lipinski definition) is 2. The van der Waals surface area contributed by atoms with Crippen LogP contribution in [-0.4, -0.2) is 20.1 Å². The van der Waals surface area contributed by atoms with Crippen molar-refractivity contribution < 1.29 is 9.18 Å². The molecule has 21 heavy (non-hydrogen) atoms. The minimum absolute atomic E-state index is 0.147. The third-order valence-corrected chi connectivity index (χ3v) is 3.04. The van der Waals surface area contributed by atoms with Gasteiger partial charge in [0, 0.05) is 37.6 Å². The fraction of sp³-hybridized carbons (Fsp3) is 0.188. The molecule has 0 heterocycles. The molecule has 0 radical (unpaired) electrons. The first-order valence-corrected chi connectivity index (χ1v) is 6.62. The molecule has 4 nitrogen and oxygen atoms in total. The zero-order chi connectivity index (χ0) is 15.2. The highest BCUT2D eigenvalue weighted by Gasteiger charge is 2.05. The van der Waals surface area contributed by atoms with Gasteiger partial charge < -0.3 is 15.5 Å². The molecule has 0 unspecified atom stereocenters. The summed E-state index contributed by atoms with van der Waals surface area (Å²) in [5.41, 5.74) is 2.19. The normalized spacial score (nSPS) is 10.0. The molecule has 0 aromatic heterocycles. The molecule has 0 bridgehead atoms.